The Morgan fingerprint density at radius 3 is 2.24 bits per heavy atom. The van der Waals surface area contributed by atoms with E-state index in [1.165, 1.54) is 24.3 Å². The number of aromatic nitrogens is 3. The molecule has 0 aliphatic rings. The average molecular weight is 537 g/mol. The summed E-state index contributed by atoms with van der Waals surface area (Å²) in [5, 5.41) is 19.9. The number of thioether (sulfide) groups is 1. The van der Waals surface area contributed by atoms with Gasteiger partial charge in [-0.3, -0.25) is 9.36 Å². The number of carboxylic acid groups (broad SMARTS) is 1. The highest BCUT2D eigenvalue weighted by molar-refractivity contribution is 8.00. The molecule has 0 saturated carbocycles. The number of carbonyl (C=O) groups excluding carboxylic acids is 1. The number of hydrogen-bond donors (Lipinski definition) is 2. The van der Waals surface area contributed by atoms with Gasteiger partial charge in [-0.2, -0.15) is 0 Å². The number of nitrogens with zero attached hydrogens (tertiary/aromatic N) is 3. The van der Waals surface area contributed by atoms with Crippen LogP contribution in [0.2, 0.25) is 0 Å². The molecular weight excluding hydrogens is 512 g/mol. The van der Waals surface area contributed by atoms with E-state index in [-0.39, 0.29) is 27.9 Å². The fourth-order valence-electron chi connectivity index (χ4n) is 3.46. The molecule has 1 amide bonds. The zero-order valence-electron chi connectivity index (χ0n) is 20.0. The fourth-order valence-corrected chi connectivity index (χ4v) is 5.59. The van der Waals surface area contributed by atoms with Crippen LogP contribution in [0.4, 0.5) is 5.69 Å². The summed E-state index contributed by atoms with van der Waals surface area (Å²) in [7, 11) is -3.70. The Morgan fingerprint density at radius 2 is 1.62 bits per heavy atom. The molecule has 0 bridgehead atoms. The minimum Gasteiger partial charge on any atom is -0.478 e. The molecular formula is C26H24N4O5S2. The molecule has 1 aromatic heterocycles. The summed E-state index contributed by atoms with van der Waals surface area (Å²) in [6.45, 7) is 3.58. The topological polar surface area (TPSA) is 131 Å². The summed E-state index contributed by atoms with van der Waals surface area (Å²) in [4.78, 5) is 24.1. The molecule has 0 spiro atoms. The number of benzene rings is 3. The average Bonchev–Trinajstić information content (AvgIpc) is 3.26. The van der Waals surface area contributed by atoms with Gasteiger partial charge in [0.15, 0.2) is 20.8 Å². The highest BCUT2D eigenvalue weighted by Gasteiger charge is 2.25. The van der Waals surface area contributed by atoms with Gasteiger partial charge in [-0.1, -0.05) is 47.7 Å². The fraction of sp³-hybridized carbons (Fsp3) is 0.154. The van der Waals surface area contributed by atoms with E-state index < -0.39 is 21.1 Å². The van der Waals surface area contributed by atoms with E-state index in [4.69, 9.17) is 5.11 Å². The highest BCUT2D eigenvalue weighted by Crippen LogP contribution is 2.28. The molecule has 190 valence electrons. The van der Waals surface area contributed by atoms with E-state index >= 15 is 0 Å². The molecule has 0 aliphatic heterocycles. The Labute approximate surface area is 218 Å². The van der Waals surface area contributed by atoms with Gasteiger partial charge >= 0.3 is 5.97 Å². The van der Waals surface area contributed by atoms with Gasteiger partial charge in [-0.25, -0.2) is 13.2 Å². The molecule has 1 atom stereocenters. The van der Waals surface area contributed by atoms with Crippen molar-refractivity contribution in [1.82, 2.24) is 14.8 Å². The third-order valence-electron chi connectivity index (χ3n) is 5.46. The Bertz CT molecular complexity index is 1520. The first-order chi connectivity index (χ1) is 17.6. The van der Waals surface area contributed by atoms with Crippen LogP contribution in [0.25, 0.3) is 5.69 Å². The van der Waals surface area contributed by atoms with Crippen LogP contribution in [0.3, 0.4) is 0 Å². The van der Waals surface area contributed by atoms with Crippen molar-refractivity contribution in [3.63, 3.8) is 0 Å². The third kappa shape index (κ3) is 6.25. The minimum atomic E-state index is -3.70. The molecule has 4 aromatic rings. The number of carboxylic acids is 1. The summed E-state index contributed by atoms with van der Waals surface area (Å²) in [6.07, 6.45) is 0. The molecule has 9 nitrogen and oxygen atoms in total. The number of carbonyl (C=O) groups is 2. The Kier molecular flexibility index (Phi) is 7.74. The van der Waals surface area contributed by atoms with Crippen molar-refractivity contribution in [3.05, 3.63) is 95.8 Å². The van der Waals surface area contributed by atoms with Crippen LogP contribution >= 0.6 is 11.8 Å². The van der Waals surface area contributed by atoms with Crippen LogP contribution in [0.5, 0.6) is 0 Å². The molecule has 0 aliphatic carbocycles. The predicted molar refractivity (Wildman–Crippen MR) is 141 cm³/mol. The number of nitrogens with one attached hydrogen (secondary N) is 1. The van der Waals surface area contributed by atoms with Crippen LogP contribution in [0.1, 0.15) is 28.7 Å². The Morgan fingerprint density at radius 1 is 0.973 bits per heavy atom. The van der Waals surface area contributed by atoms with E-state index in [1.807, 2.05) is 37.3 Å². The summed E-state index contributed by atoms with van der Waals surface area (Å²) >= 11 is 1.13. The summed E-state index contributed by atoms with van der Waals surface area (Å²) in [5.41, 5.74) is 2.19. The first-order valence-corrected chi connectivity index (χ1v) is 13.8. The van der Waals surface area contributed by atoms with Crippen molar-refractivity contribution in [1.29, 1.82) is 0 Å². The molecule has 11 heteroatoms. The van der Waals surface area contributed by atoms with Gasteiger partial charge in [0.25, 0.3) is 0 Å². The molecule has 0 fully saturated rings. The standard InChI is InChI=1S/C26H24N4O5S2/c1-17-8-14-22(15-9-17)37(34,35)16-23-28-29-26(30(23)21-6-4-3-5-7-21)36-18(2)24(31)27-20-12-10-19(11-13-20)25(32)33/h3-15,18H,16H2,1-2H3,(H,27,31)(H,32,33). The molecule has 1 unspecified atom stereocenters. The quantitative estimate of drug-likeness (QED) is 0.302. The lowest BCUT2D eigenvalue weighted by atomic mass is 10.2. The lowest BCUT2D eigenvalue weighted by molar-refractivity contribution is -0.115. The second-order valence-electron chi connectivity index (χ2n) is 8.27. The van der Waals surface area contributed by atoms with Crippen molar-refractivity contribution in [2.24, 2.45) is 0 Å². The number of hydrogen-bond acceptors (Lipinski definition) is 7. The number of aromatic carboxylic acids is 1. The van der Waals surface area contributed by atoms with Gasteiger partial charge < -0.3 is 10.4 Å². The minimum absolute atomic E-state index is 0.115. The first-order valence-electron chi connectivity index (χ1n) is 11.2. The van der Waals surface area contributed by atoms with Crippen LogP contribution in [0.15, 0.2) is 88.9 Å². The molecule has 2 N–H and O–H groups in total. The van der Waals surface area contributed by atoms with Crippen LogP contribution in [-0.2, 0) is 20.4 Å². The maximum atomic E-state index is 13.1. The summed E-state index contributed by atoms with van der Waals surface area (Å²) < 4.78 is 27.9. The highest BCUT2D eigenvalue weighted by atomic mass is 32.2. The normalized spacial score (nSPS) is 12.2. The monoisotopic (exact) mass is 536 g/mol. The Balaban J connectivity index is 1.58. The van der Waals surface area contributed by atoms with Gasteiger partial charge in [0.1, 0.15) is 5.75 Å². The number of para-hydroxylation sites is 1. The largest absolute Gasteiger partial charge is 0.478 e. The van der Waals surface area contributed by atoms with Crippen molar-refractivity contribution in [2.45, 2.75) is 34.9 Å². The summed E-state index contributed by atoms with van der Waals surface area (Å²) in [6, 6.07) is 21.6. The van der Waals surface area contributed by atoms with Gasteiger partial charge in [-0.15, -0.1) is 10.2 Å². The van der Waals surface area contributed by atoms with E-state index in [0.29, 0.717) is 16.5 Å². The number of aryl methyl sites for hydroxylation is 1. The van der Waals surface area contributed by atoms with Crippen molar-refractivity contribution < 1.29 is 23.1 Å². The third-order valence-corrected chi connectivity index (χ3v) is 8.14. The van der Waals surface area contributed by atoms with Gasteiger partial charge in [-0.05, 0) is 62.4 Å². The van der Waals surface area contributed by atoms with Crippen molar-refractivity contribution in [2.75, 3.05) is 5.32 Å². The molecule has 0 radical (unpaired) electrons. The molecule has 4 rings (SSSR count). The van der Waals surface area contributed by atoms with Crippen molar-refractivity contribution >= 4 is 39.2 Å². The number of anilines is 1. The smallest absolute Gasteiger partial charge is 0.335 e. The van der Waals surface area contributed by atoms with E-state index in [2.05, 4.69) is 15.5 Å². The predicted octanol–water partition coefficient (Wildman–Crippen LogP) is 4.37. The van der Waals surface area contributed by atoms with Gasteiger partial charge in [0.2, 0.25) is 5.91 Å². The number of sulfone groups is 1. The maximum Gasteiger partial charge on any atom is 0.335 e. The van der Waals surface area contributed by atoms with Crippen LogP contribution < -0.4 is 5.32 Å². The molecule has 1 heterocycles. The van der Waals surface area contributed by atoms with E-state index in [1.54, 1.807) is 35.8 Å². The second-order valence-corrected chi connectivity index (χ2v) is 11.6. The van der Waals surface area contributed by atoms with Gasteiger partial charge in [0.05, 0.1) is 15.7 Å². The maximum absolute atomic E-state index is 13.1. The number of amides is 1. The van der Waals surface area contributed by atoms with E-state index in [0.717, 1.165) is 17.3 Å². The zero-order chi connectivity index (χ0) is 26.6. The number of rotatable bonds is 9. The van der Waals surface area contributed by atoms with Crippen LogP contribution in [0, 0.1) is 6.92 Å². The molecule has 3 aromatic carbocycles. The lowest BCUT2D eigenvalue weighted by Gasteiger charge is -2.14. The molecule has 37 heavy (non-hydrogen) atoms. The lowest BCUT2D eigenvalue weighted by Crippen LogP contribution is -2.23. The second kappa shape index (κ2) is 11.0. The first kappa shape index (κ1) is 26.1. The van der Waals surface area contributed by atoms with E-state index in [9.17, 15) is 18.0 Å². The van der Waals surface area contributed by atoms with Gasteiger partial charge in [0, 0.05) is 11.4 Å². The summed E-state index contributed by atoms with van der Waals surface area (Å²) in [5.74, 6) is -1.52. The van der Waals surface area contributed by atoms with Crippen molar-refractivity contribution in [3.8, 4) is 5.69 Å². The Hall–Kier alpha value is -3.96. The SMILES string of the molecule is Cc1ccc(S(=O)(=O)Cc2nnc(SC(C)C(=O)Nc3ccc(C(=O)O)cc3)n2-c2ccccc2)cc1. The van der Waals surface area contributed by atoms with Crippen LogP contribution in [-0.4, -0.2) is 45.4 Å². The molecule has 0 saturated heterocycles. The zero-order valence-corrected chi connectivity index (χ0v) is 21.7.